The van der Waals surface area contributed by atoms with Gasteiger partial charge < -0.3 is 18.9 Å². The van der Waals surface area contributed by atoms with Crippen LogP contribution in [0.2, 0.25) is 0 Å². The van der Waals surface area contributed by atoms with E-state index in [-0.39, 0.29) is 11.6 Å². The highest BCUT2D eigenvalue weighted by Gasteiger charge is 2.21. The molecule has 0 bridgehead atoms. The molecular weight excluding hydrogens is 517 g/mol. The smallest absolute Gasteiger partial charge is 0.264 e. The minimum absolute atomic E-state index is 0.105. The molecule has 0 amide bonds. The number of methoxy groups -OCH3 is 1. The van der Waals surface area contributed by atoms with Gasteiger partial charge in [0.2, 0.25) is 5.95 Å². The van der Waals surface area contributed by atoms with Gasteiger partial charge in [0.15, 0.2) is 0 Å². The Morgan fingerprint density at radius 1 is 1.03 bits per heavy atom. The molecule has 2 aromatic heterocycles. The van der Waals surface area contributed by atoms with Gasteiger partial charge in [0.25, 0.3) is 5.56 Å². The van der Waals surface area contributed by atoms with Crippen molar-refractivity contribution in [3.8, 4) is 5.75 Å². The zero-order valence-electron chi connectivity index (χ0n) is 22.4. The Morgan fingerprint density at radius 2 is 1.68 bits per heavy atom. The molecule has 7 nitrogen and oxygen atoms in total. The molecule has 0 spiro atoms. The molecule has 1 unspecified atom stereocenters. The predicted molar refractivity (Wildman–Crippen MR) is 161 cm³/mol. The fourth-order valence-corrected chi connectivity index (χ4v) is 4.91. The number of hydrogen-bond donors (Lipinski definition) is 0. The van der Waals surface area contributed by atoms with E-state index in [0.29, 0.717) is 41.6 Å². The number of alkyl halides is 1. The highest BCUT2D eigenvalue weighted by atomic mass is 35.5. The molecule has 0 saturated carbocycles. The van der Waals surface area contributed by atoms with Gasteiger partial charge in [-0.05, 0) is 57.6 Å². The van der Waals surface area contributed by atoms with Gasteiger partial charge in [-0.1, -0.05) is 49.7 Å². The van der Waals surface area contributed by atoms with Crippen LogP contribution in [0.25, 0.3) is 10.9 Å². The molecule has 2 heterocycles. The van der Waals surface area contributed by atoms with E-state index in [9.17, 15) is 4.79 Å². The lowest BCUT2D eigenvalue weighted by atomic mass is 10.1. The van der Waals surface area contributed by atoms with E-state index in [0.717, 1.165) is 35.3 Å². The minimum Gasteiger partial charge on any atom is -0.497 e. The van der Waals surface area contributed by atoms with E-state index in [2.05, 4.69) is 28.1 Å². The van der Waals surface area contributed by atoms with Gasteiger partial charge in [-0.2, -0.15) is 4.98 Å². The second-order valence-corrected chi connectivity index (χ2v) is 10.4. The highest BCUT2D eigenvalue weighted by Crippen LogP contribution is 2.28. The summed E-state index contributed by atoms with van der Waals surface area (Å²) < 4.78 is 8.92. The Kier molecular flexibility index (Phi) is 9.24. The molecule has 0 aliphatic heterocycles. The number of hydrogen-bond acceptors (Lipinski definition) is 6. The predicted octanol–water partition coefficient (Wildman–Crippen LogP) is 6.01. The fraction of sp³-hybridized carbons (Fsp3) is 0.345. The van der Waals surface area contributed by atoms with Gasteiger partial charge in [-0.15, -0.1) is 11.6 Å². The van der Waals surface area contributed by atoms with Gasteiger partial charge in [-0.3, -0.25) is 4.79 Å². The minimum atomic E-state index is -0.105. The third-order valence-corrected chi connectivity index (χ3v) is 7.52. The van der Waals surface area contributed by atoms with Crippen LogP contribution in [0.5, 0.6) is 5.75 Å². The molecule has 0 radical (unpaired) electrons. The monoisotopic (exact) mass is 551 g/mol. The van der Waals surface area contributed by atoms with E-state index in [1.807, 2.05) is 72.5 Å². The summed E-state index contributed by atoms with van der Waals surface area (Å²) in [6.45, 7) is 5.37. The van der Waals surface area contributed by atoms with E-state index in [1.165, 1.54) is 0 Å². The SMILES string of the molecule is CCC[C@H](C)N(C)c1nc(N(P)Cc2ccc(OC)cc2)nc2ccn(Cc3ccc(CCl)cc3)c(=O)c12. The van der Waals surface area contributed by atoms with Crippen molar-refractivity contribution >= 4 is 43.7 Å². The van der Waals surface area contributed by atoms with E-state index in [1.54, 1.807) is 11.7 Å². The van der Waals surface area contributed by atoms with Gasteiger partial charge in [0.05, 0.1) is 19.2 Å². The summed E-state index contributed by atoms with van der Waals surface area (Å²) in [5, 5.41) is 0.530. The lowest BCUT2D eigenvalue weighted by molar-refractivity contribution is 0.414. The summed E-state index contributed by atoms with van der Waals surface area (Å²) >= 11 is 5.93. The van der Waals surface area contributed by atoms with Crippen molar-refractivity contribution in [3.05, 3.63) is 87.8 Å². The maximum absolute atomic E-state index is 13.8. The van der Waals surface area contributed by atoms with Crippen molar-refractivity contribution in [2.45, 2.75) is 51.7 Å². The number of rotatable bonds is 11. The van der Waals surface area contributed by atoms with Gasteiger partial charge >= 0.3 is 0 Å². The molecule has 4 aromatic rings. The molecule has 9 heteroatoms. The Balaban J connectivity index is 1.75. The van der Waals surface area contributed by atoms with E-state index in [4.69, 9.17) is 26.3 Å². The molecule has 0 saturated heterocycles. The molecule has 200 valence electrons. The molecule has 2 atom stereocenters. The second kappa shape index (κ2) is 12.6. The van der Waals surface area contributed by atoms with Crippen LogP contribution in [0.1, 0.15) is 43.4 Å². The van der Waals surface area contributed by atoms with Crippen molar-refractivity contribution in [1.29, 1.82) is 0 Å². The standard InChI is InChI=1S/C29H35ClN5O2P/c1-5-6-20(2)33(3)27-26-25(15-16-34(28(26)36)18-22-9-7-21(17-30)8-10-22)31-29(32-27)35(38)19-23-11-13-24(37-4)14-12-23/h7-16,20H,5-6,17-19,38H2,1-4H3/t20-/m0/s1. The topological polar surface area (TPSA) is 63.5 Å². The average Bonchev–Trinajstić information content (AvgIpc) is 2.94. The molecule has 0 aliphatic carbocycles. The van der Waals surface area contributed by atoms with Crippen LogP contribution < -0.4 is 19.9 Å². The molecule has 0 fully saturated rings. The van der Waals surface area contributed by atoms with Gasteiger partial charge in [0.1, 0.15) is 17.0 Å². The highest BCUT2D eigenvalue weighted by molar-refractivity contribution is 7.18. The summed E-state index contributed by atoms with van der Waals surface area (Å²) in [6.07, 6.45) is 3.84. The first-order chi connectivity index (χ1) is 18.3. The molecule has 38 heavy (non-hydrogen) atoms. The van der Waals surface area contributed by atoms with E-state index < -0.39 is 0 Å². The van der Waals surface area contributed by atoms with Crippen LogP contribution in [-0.4, -0.2) is 34.7 Å². The number of benzene rings is 2. The van der Waals surface area contributed by atoms with Gasteiger partial charge in [0, 0.05) is 31.7 Å². The summed E-state index contributed by atoms with van der Waals surface area (Å²) in [5.74, 6) is 2.46. The van der Waals surface area contributed by atoms with Crippen LogP contribution in [0.4, 0.5) is 11.8 Å². The summed E-state index contributed by atoms with van der Waals surface area (Å²) in [4.78, 5) is 25.6. The van der Waals surface area contributed by atoms with Crippen molar-refractivity contribution < 1.29 is 4.74 Å². The molecule has 0 N–H and O–H groups in total. The van der Waals surface area contributed by atoms with Crippen LogP contribution in [0.15, 0.2) is 65.6 Å². The summed E-state index contributed by atoms with van der Waals surface area (Å²) in [7, 11) is 6.38. The number of fused-ring (bicyclic) bond motifs is 1. The number of aromatic nitrogens is 3. The summed E-state index contributed by atoms with van der Waals surface area (Å²) in [6, 6.07) is 18.0. The van der Waals surface area contributed by atoms with Crippen molar-refractivity contribution in [3.63, 3.8) is 0 Å². The Labute approximate surface area is 231 Å². The van der Waals surface area contributed by atoms with Crippen LogP contribution >= 0.6 is 21.0 Å². The Bertz CT molecular complexity index is 1430. The van der Waals surface area contributed by atoms with Crippen LogP contribution in [0.3, 0.4) is 0 Å². The Hall–Kier alpha value is -3.15. The summed E-state index contributed by atoms with van der Waals surface area (Å²) in [5.41, 5.74) is 3.69. The Morgan fingerprint density at radius 3 is 2.32 bits per heavy atom. The lowest BCUT2D eigenvalue weighted by Crippen LogP contribution is -2.32. The number of anilines is 2. The van der Waals surface area contributed by atoms with E-state index >= 15 is 0 Å². The third kappa shape index (κ3) is 6.28. The van der Waals surface area contributed by atoms with Gasteiger partial charge in [-0.25, -0.2) is 4.98 Å². The first-order valence-electron chi connectivity index (χ1n) is 12.8. The van der Waals surface area contributed by atoms with Crippen LogP contribution in [0, 0.1) is 0 Å². The van der Waals surface area contributed by atoms with Crippen molar-refractivity contribution in [2.75, 3.05) is 23.7 Å². The number of ether oxygens (including phenoxy) is 1. The van der Waals surface area contributed by atoms with Crippen molar-refractivity contribution in [1.82, 2.24) is 14.5 Å². The normalized spacial score (nSPS) is 11.9. The quantitative estimate of drug-likeness (QED) is 0.168. The molecule has 2 aromatic carbocycles. The molecular formula is C29H35ClN5O2P. The van der Waals surface area contributed by atoms with Crippen LogP contribution in [-0.2, 0) is 19.0 Å². The number of nitrogens with zero attached hydrogens (tertiary/aromatic N) is 5. The number of halogens is 1. The fourth-order valence-electron chi connectivity index (χ4n) is 4.41. The van der Waals surface area contributed by atoms with Crippen molar-refractivity contribution in [2.24, 2.45) is 0 Å². The maximum Gasteiger partial charge on any atom is 0.264 e. The largest absolute Gasteiger partial charge is 0.497 e. The maximum atomic E-state index is 13.8. The first-order valence-corrected chi connectivity index (χ1v) is 13.8. The first kappa shape index (κ1) is 27.9. The average molecular weight is 552 g/mol. The molecule has 0 aliphatic rings. The zero-order valence-corrected chi connectivity index (χ0v) is 24.3. The zero-order chi connectivity index (χ0) is 27.2. The molecule has 4 rings (SSSR count). The number of pyridine rings is 1. The third-order valence-electron chi connectivity index (χ3n) is 6.79. The lowest BCUT2D eigenvalue weighted by Gasteiger charge is -2.28. The second-order valence-electron chi connectivity index (χ2n) is 9.53.